The zero-order valence-corrected chi connectivity index (χ0v) is 11.7. The number of carbonyl (C=O) groups is 2. The molecule has 6 nitrogen and oxygen atoms in total. The Morgan fingerprint density at radius 3 is 2.40 bits per heavy atom. The quantitative estimate of drug-likeness (QED) is 0.674. The number of ether oxygens (including phenoxy) is 1. The van der Waals surface area contributed by atoms with Crippen LogP contribution in [-0.2, 0) is 4.79 Å². The maximum absolute atomic E-state index is 12.0. The van der Waals surface area contributed by atoms with Gasteiger partial charge in [0.15, 0.2) is 6.61 Å². The summed E-state index contributed by atoms with van der Waals surface area (Å²) in [7, 11) is 0. The second-order valence-corrected chi connectivity index (χ2v) is 5.09. The fourth-order valence-electron chi connectivity index (χ4n) is 1.58. The Bertz CT molecular complexity index is 469. The molecule has 20 heavy (non-hydrogen) atoms. The molecule has 1 aromatic rings. The zero-order chi connectivity index (χ0) is 15.2. The molecule has 6 heteroatoms. The number of rotatable bonds is 7. The molecule has 0 aliphatic carbocycles. The molecule has 0 unspecified atom stereocenters. The van der Waals surface area contributed by atoms with E-state index >= 15 is 0 Å². The smallest absolute Gasteiger partial charge is 0.255 e. The van der Waals surface area contributed by atoms with Gasteiger partial charge in [0.05, 0.1) is 0 Å². The molecule has 0 fully saturated rings. The number of aliphatic hydroxyl groups excluding tert-OH is 1. The van der Waals surface area contributed by atoms with E-state index < -0.39 is 11.4 Å². The molecule has 0 saturated carbocycles. The monoisotopic (exact) mass is 280 g/mol. The maximum atomic E-state index is 12.0. The van der Waals surface area contributed by atoms with Crippen molar-refractivity contribution in [2.75, 3.05) is 13.2 Å². The minimum absolute atomic E-state index is 0.00712. The first-order valence-corrected chi connectivity index (χ1v) is 6.28. The summed E-state index contributed by atoms with van der Waals surface area (Å²) in [4.78, 5) is 22.6. The lowest BCUT2D eigenvalue weighted by Crippen LogP contribution is -2.44. The van der Waals surface area contributed by atoms with E-state index in [-0.39, 0.29) is 19.1 Å². The number of carbonyl (C=O) groups excluding carboxylic acids is 2. The molecule has 1 aromatic carbocycles. The number of amides is 2. The number of hydrogen-bond acceptors (Lipinski definition) is 4. The average molecular weight is 280 g/mol. The van der Waals surface area contributed by atoms with Crippen LogP contribution in [0.1, 0.15) is 30.6 Å². The van der Waals surface area contributed by atoms with Crippen LogP contribution in [0.3, 0.4) is 0 Å². The van der Waals surface area contributed by atoms with Crippen LogP contribution in [-0.4, -0.2) is 35.7 Å². The van der Waals surface area contributed by atoms with Gasteiger partial charge in [0.25, 0.3) is 11.8 Å². The summed E-state index contributed by atoms with van der Waals surface area (Å²) in [6.45, 7) is 3.49. The standard InChI is InChI=1S/C14H20N2O4/c1-14(2,7-8-17)16-13(19)10-3-5-11(6-4-10)20-9-12(15)18/h3-6,17H,7-9H2,1-2H3,(H2,15,18)(H,16,19). The van der Waals surface area contributed by atoms with Gasteiger partial charge in [0.2, 0.25) is 0 Å². The fourth-order valence-corrected chi connectivity index (χ4v) is 1.58. The summed E-state index contributed by atoms with van der Waals surface area (Å²) >= 11 is 0. The molecule has 1 rings (SSSR count). The lowest BCUT2D eigenvalue weighted by molar-refractivity contribution is -0.119. The van der Waals surface area contributed by atoms with E-state index in [9.17, 15) is 9.59 Å². The minimum atomic E-state index is -0.558. The molecule has 0 atom stereocenters. The molecular formula is C14H20N2O4. The van der Waals surface area contributed by atoms with Crippen molar-refractivity contribution in [3.05, 3.63) is 29.8 Å². The summed E-state index contributed by atoms with van der Waals surface area (Å²) in [5.74, 6) is -0.322. The largest absolute Gasteiger partial charge is 0.484 e. The van der Waals surface area contributed by atoms with Crippen LogP contribution < -0.4 is 15.8 Å². The van der Waals surface area contributed by atoms with Crippen LogP contribution in [0.5, 0.6) is 5.75 Å². The van der Waals surface area contributed by atoms with Crippen LogP contribution in [0.15, 0.2) is 24.3 Å². The first-order valence-electron chi connectivity index (χ1n) is 6.28. The predicted molar refractivity (Wildman–Crippen MR) is 74.4 cm³/mol. The van der Waals surface area contributed by atoms with Crippen molar-refractivity contribution < 1.29 is 19.4 Å². The predicted octanol–water partition coefficient (Wildman–Crippen LogP) is 0.442. The Morgan fingerprint density at radius 1 is 1.30 bits per heavy atom. The molecule has 4 N–H and O–H groups in total. The maximum Gasteiger partial charge on any atom is 0.255 e. The SMILES string of the molecule is CC(C)(CCO)NC(=O)c1ccc(OCC(N)=O)cc1. The van der Waals surface area contributed by atoms with E-state index in [4.69, 9.17) is 15.6 Å². The summed E-state index contributed by atoms with van der Waals surface area (Å²) in [5, 5.41) is 11.7. The highest BCUT2D eigenvalue weighted by Gasteiger charge is 2.20. The van der Waals surface area contributed by atoms with Gasteiger partial charge in [-0.3, -0.25) is 9.59 Å². The Kier molecular flexibility index (Phi) is 5.52. The average Bonchev–Trinajstić information content (AvgIpc) is 2.36. The van der Waals surface area contributed by atoms with Crippen LogP contribution >= 0.6 is 0 Å². The Labute approximate surface area is 117 Å². The van der Waals surface area contributed by atoms with Crippen molar-refractivity contribution in [1.82, 2.24) is 5.32 Å². The second-order valence-electron chi connectivity index (χ2n) is 5.09. The van der Waals surface area contributed by atoms with Gasteiger partial charge < -0.3 is 20.9 Å². The van der Waals surface area contributed by atoms with Crippen molar-refractivity contribution in [2.45, 2.75) is 25.8 Å². The molecule has 2 amide bonds. The minimum Gasteiger partial charge on any atom is -0.484 e. The summed E-state index contributed by atoms with van der Waals surface area (Å²) in [6, 6.07) is 6.38. The summed E-state index contributed by atoms with van der Waals surface area (Å²) in [6.07, 6.45) is 0.471. The van der Waals surface area contributed by atoms with Crippen LogP contribution in [0.2, 0.25) is 0 Å². The summed E-state index contributed by atoms with van der Waals surface area (Å²) < 4.78 is 5.10. The van der Waals surface area contributed by atoms with E-state index in [2.05, 4.69) is 5.32 Å². The first kappa shape index (κ1) is 16.0. The van der Waals surface area contributed by atoms with Crippen LogP contribution in [0.25, 0.3) is 0 Å². The first-order chi connectivity index (χ1) is 9.34. The lowest BCUT2D eigenvalue weighted by Gasteiger charge is -2.25. The highest BCUT2D eigenvalue weighted by molar-refractivity contribution is 5.94. The summed E-state index contributed by atoms with van der Waals surface area (Å²) in [5.41, 5.74) is 4.96. The molecule has 0 bridgehead atoms. The van der Waals surface area contributed by atoms with E-state index in [1.165, 1.54) is 0 Å². The molecular weight excluding hydrogens is 260 g/mol. The van der Waals surface area contributed by atoms with Gasteiger partial charge in [0.1, 0.15) is 5.75 Å². The number of primary amides is 1. The number of hydrogen-bond donors (Lipinski definition) is 3. The molecule has 0 spiro atoms. The van der Waals surface area contributed by atoms with Gasteiger partial charge in [-0.2, -0.15) is 0 Å². The highest BCUT2D eigenvalue weighted by Crippen LogP contribution is 2.14. The normalized spacial score (nSPS) is 10.9. The Balaban J connectivity index is 2.63. The van der Waals surface area contributed by atoms with Crippen LogP contribution in [0.4, 0.5) is 0 Å². The third kappa shape index (κ3) is 5.27. The lowest BCUT2D eigenvalue weighted by atomic mass is 10.0. The van der Waals surface area contributed by atoms with E-state index in [0.29, 0.717) is 17.7 Å². The molecule has 0 radical (unpaired) electrons. The van der Waals surface area contributed by atoms with Gasteiger partial charge in [-0.15, -0.1) is 0 Å². The van der Waals surface area contributed by atoms with Crippen molar-refractivity contribution in [1.29, 1.82) is 0 Å². The number of benzene rings is 1. The van der Waals surface area contributed by atoms with E-state index in [1.807, 2.05) is 13.8 Å². The topological polar surface area (TPSA) is 102 Å². The van der Waals surface area contributed by atoms with Gasteiger partial charge in [-0.05, 0) is 44.5 Å². The van der Waals surface area contributed by atoms with Crippen molar-refractivity contribution in [3.63, 3.8) is 0 Å². The molecule has 0 saturated heterocycles. The third-order valence-electron chi connectivity index (χ3n) is 2.69. The Hall–Kier alpha value is -2.08. The fraction of sp³-hybridized carbons (Fsp3) is 0.429. The van der Waals surface area contributed by atoms with Gasteiger partial charge in [0, 0.05) is 17.7 Å². The van der Waals surface area contributed by atoms with Gasteiger partial charge in [-0.1, -0.05) is 0 Å². The van der Waals surface area contributed by atoms with Gasteiger partial charge >= 0.3 is 0 Å². The second kappa shape index (κ2) is 6.91. The van der Waals surface area contributed by atoms with Gasteiger partial charge in [-0.25, -0.2) is 0 Å². The molecule has 110 valence electrons. The number of aliphatic hydroxyl groups is 1. The van der Waals surface area contributed by atoms with Crippen molar-refractivity contribution in [3.8, 4) is 5.75 Å². The van der Waals surface area contributed by atoms with Crippen LogP contribution in [0, 0.1) is 0 Å². The molecule has 0 aliphatic heterocycles. The Morgan fingerprint density at radius 2 is 1.90 bits per heavy atom. The zero-order valence-electron chi connectivity index (χ0n) is 11.7. The molecule has 0 aliphatic rings. The third-order valence-corrected chi connectivity index (χ3v) is 2.69. The van der Waals surface area contributed by atoms with Crippen molar-refractivity contribution >= 4 is 11.8 Å². The van der Waals surface area contributed by atoms with Crippen molar-refractivity contribution in [2.24, 2.45) is 5.73 Å². The van der Waals surface area contributed by atoms with E-state index in [0.717, 1.165) is 0 Å². The van der Waals surface area contributed by atoms with E-state index in [1.54, 1.807) is 24.3 Å². The highest BCUT2D eigenvalue weighted by atomic mass is 16.5. The number of nitrogens with two attached hydrogens (primary N) is 1. The molecule has 0 heterocycles. The number of nitrogens with one attached hydrogen (secondary N) is 1. The molecule has 0 aromatic heterocycles.